The zero-order valence-corrected chi connectivity index (χ0v) is 12.4. The molecule has 2 atom stereocenters. The number of hydrogen-bond donors (Lipinski definition) is 1. The maximum atomic E-state index is 12.3. The molecule has 106 valence electrons. The molecule has 1 amide bonds. The molecule has 0 radical (unpaired) electrons. The van der Waals surface area contributed by atoms with Gasteiger partial charge in [0.15, 0.2) is 0 Å². The minimum Gasteiger partial charge on any atom is -0.338 e. The van der Waals surface area contributed by atoms with Gasteiger partial charge in [-0.3, -0.25) is 9.48 Å². The van der Waals surface area contributed by atoms with Gasteiger partial charge in [0, 0.05) is 12.6 Å². The Bertz CT molecular complexity index is 485. The van der Waals surface area contributed by atoms with Crippen LogP contribution in [0, 0.1) is 19.8 Å². The van der Waals surface area contributed by atoms with Crippen LogP contribution in [0.5, 0.6) is 0 Å². The summed E-state index contributed by atoms with van der Waals surface area (Å²) in [6.07, 6.45) is 0.986. The number of halogens is 1. The maximum Gasteiger partial charge on any atom is 0.244 e. The first-order valence-electron chi connectivity index (χ1n) is 6.63. The lowest BCUT2D eigenvalue weighted by Gasteiger charge is -2.21. The summed E-state index contributed by atoms with van der Waals surface area (Å²) in [7, 11) is 0. The van der Waals surface area contributed by atoms with E-state index in [1.54, 1.807) is 4.68 Å². The van der Waals surface area contributed by atoms with Crippen molar-refractivity contribution in [1.82, 2.24) is 14.7 Å². The van der Waals surface area contributed by atoms with Crippen molar-refractivity contribution in [2.24, 2.45) is 11.7 Å². The van der Waals surface area contributed by atoms with Crippen LogP contribution in [0.25, 0.3) is 0 Å². The Kier molecular flexibility index (Phi) is 4.16. The van der Waals surface area contributed by atoms with E-state index in [4.69, 9.17) is 17.3 Å². The number of amides is 1. The van der Waals surface area contributed by atoms with Crippen LogP contribution in [0.2, 0.25) is 5.02 Å². The van der Waals surface area contributed by atoms with Gasteiger partial charge in [-0.05, 0) is 39.7 Å². The van der Waals surface area contributed by atoms with Crippen LogP contribution in [-0.2, 0) is 11.3 Å². The second-order valence-corrected chi connectivity index (χ2v) is 5.75. The first kappa shape index (κ1) is 14.3. The number of aryl methyl sites for hydroxylation is 1. The van der Waals surface area contributed by atoms with Crippen molar-refractivity contribution in [3.8, 4) is 0 Å². The number of hydrogen-bond acceptors (Lipinski definition) is 3. The van der Waals surface area contributed by atoms with Crippen molar-refractivity contribution in [2.45, 2.75) is 39.8 Å². The molecule has 2 unspecified atom stereocenters. The highest BCUT2D eigenvalue weighted by atomic mass is 35.5. The molecule has 0 aromatic carbocycles. The minimum absolute atomic E-state index is 0.0886. The Morgan fingerprint density at radius 1 is 1.53 bits per heavy atom. The summed E-state index contributed by atoms with van der Waals surface area (Å²) in [6, 6.07) is 0.258. The molecular weight excluding hydrogens is 264 g/mol. The van der Waals surface area contributed by atoms with Crippen LogP contribution in [-0.4, -0.2) is 39.7 Å². The Hall–Kier alpha value is -1.07. The zero-order chi connectivity index (χ0) is 14.2. The molecule has 1 aliphatic rings. The molecule has 1 fully saturated rings. The van der Waals surface area contributed by atoms with E-state index in [-0.39, 0.29) is 18.5 Å². The second kappa shape index (κ2) is 5.51. The second-order valence-electron chi connectivity index (χ2n) is 5.38. The molecule has 1 aromatic rings. The average molecular weight is 285 g/mol. The van der Waals surface area contributed by atoms with Crippen LogP contribution >= 0.6 is 11.6 Å². The number of nitrogens with zero attached hydrogens (tertiary/aromatic N) is 3. The Labute approximate surface area is 118 Å². The fourth-order valence-electron chi connectivity index (χ4n) is 2.71. The normalized spacial score (nSPS) is 23.1. The third-order valence-electron chi connectivity index (χ3n) is 3.89. The number of aromatic nitrogens is 2. The largest absolute Gasteiger partial charge is 0.338 e. The van der Waals surface area contributed by atoms with Gasteiger partial charge in [-0.2, -0.15) is 5.10 Å². The maximum absolute atomic E-state index is 12.3. The van der Waals surface area contributed by atoms with E-state index < -0.39 is 0 Å². The van der Waals surface area contributed by atoms with Gasteiger partial charge in [-0.15, -0.1) is 0 Å². The van der Waals surface area contributed by atoms with Crippen LogP contribution in [0.15, 0.2) is 0 Å². The number of rotatable bonds is 3. The van der Waals surface area contributed by atoms with Crippen molar-refractivity contribution in [3.63, 3.8) is 0 Å². The number of likely N-dealkylation sites (tertiary alicyclic amines) is 1. The number of carbonyl (C=O) groups excluding carboxylic acids is 1. The predicted octanol–water partition coefficient (Wildman–Crippen LogP) is 1.35. The molecule has 19 heavy (non-hydrogen) atoms. The van der Waals surface area contributed by atoms with Crippen molar-refractivity contribution in [3.05, 3.63) is 16.4 Å². The molecule has 0 aliphatic carbocycles. The molecule has 0 saturated carbocycles. The summed E-state index contributed by atoms with van der Waals surface area (Å²) in [5.41, 5.74) is 7.29. The summed E-state index contributed by atoms with van der Waals surface area (Å²) >= 11 is 6.09. The van der Waals surface area contributed by atoms with Crippen molar-refractivity contribution in [1.29, 1.82) is 0 Å². The van der Waals surface area contributed by atoms with Gasteiger partial charge in [0.2, 0.25) is 5.91 Å². The Morgan fingerprint density at radius 2 is 2.21 bits per heavy atom. The summed E-state index contributed by atoms with van der Waals surface area (Å²) < 4.78 is 1.68. The van der Waals surface area contributed by atoms with Crippen molar-refractivity contribution >= 4 is 17.5 Å². The van der Waals surface area contributed by atoms with Gasteiger partial charge >= 0.3 is 0 Å². The minimum atomic E-state index is 0.0886. The highest BCUT2D eigenvalue weighted by molar-refractivity contribution is 6.31. The van der Waals surface area contributed by atoms with Gasteiger partial charge in [0.05, 0.1) is 16.4 Å². The summed E-state index contributed by atoms with van der Waals surface area (Å²) in [5.74, 6) is 0.508. The SMILES string of the molecule is Cc1nn(CC(=O)N2CC(CN)CC2C)c(C)c1Cl. The van der Waals surface area contributed by atoms with E-state index in [1.165, 1.54) is 0 Å². The predicted molar refractivity (Wildman–Crippen MR) is 75.0 cm³/mol. The lowest BCUT2D eigenvalue weighted by atomic mass is 10.1. The van der Waals surface area contributed by atoms with Gasteiger partial charge < -0.3 is 10.6 Å². The van der Waals surface area contributed by atoms with E-state index in [0.29, 0.717) is 17.5 Å². The summed E-state index contributed by atoms with van der Waals surface area (Å²) in [4.78, 5) is 14.2. The summed E-state index contributed by atoms with van der Waals surface area (Å²) in [6.45, 7) is 7.44. The smallest absolute Gasteiger partial charge is 0.244 e. The fraction of sp³-hybridized carbons (Fsp3) is 0.692. The van der Waals surface area contributed by atoms with Crippen molar-refractivity contribution in [2.75, 3.05) is 13.1 Å². The molecule has 2 N–H and O–H groups in total. The molecule has 6 heteroatoms. The monoisotopic (exact) mass is 284 g/mol. The first-order valence-corrected chi connectivity index (χ1v) is 7.00. The number of carbonyl (C=O) groups is 1. The van der Waals surface area contributed by atoms with Crippen LogP contribution in [0.4, 0.5) is 0 Å². The molecule has 2 heterocycles. The zero-order valence-electron chi connectivity index (χ0n) is 11.7. The van der Waals surface area contributed by atoms with E-state index >= 15 is 0 Å². The summed E-state index contributed by atoms with van der Waals surface area (Å²) in [5, 5.41) is 4.94. The molecule has 1 aliphatic heterocycles. The Balaban J connectivity index is 2.07. The fourth-order valence-corrected chi connectivity index (χ4v) is 2.84. The van der Waals surface area contributed by atoms with E-state index in [1.807, 2.05) is 18.7 Å². The standard InChI is InChI=1S/C13H21ClN4O/c1-8-4-11(5-15)6-17(8)12(19)7-18-10(3)13(14)9(2)16-18/h8,11H,4-7,15H2,1-3H3. The molecule has 1 saturated heterocycles. The molecule has 2 rings (SSSR count). The van der Waals surface area contributed by atoms with Crippen LogP contribution < -0.4 is 5.73 Å². The lowest BCUT2D eigenvalue weighted by molar-refractivity contribution is -0.132. The van der Waals surface area contributed by atoms with Gasteiger partial charge in [0.25, 0.3) is 0 Å². The van der Waals surface area contributed by atoms with Crippen LogP contribution in [0.3, 0.4) is 0 Å². The van der Waals surface area contributed by atoms with Gasteiger partial charge in [-0.25, -0.2) is 0 Å². The van der Waals surface area contributed by atoms with Crippen LogP contribution in [0.1, 0.15) is 24.7 Å². The Morgan fingerprint density at radius 3 is 2.68 bits per heavy atom. The molecule has 1 aromatic heterocycles. The average Bonchev–Trinajstić information content (AvgIpc) is 2.86. The van der Waals surface area contributed by atoms with E-state index in [2.05, 4.69) is 12.0 Å². The molecule has 5 nitrogen and oxygen atoms in total. The lowest BCUT2D eigenvalue weighted by Crippen LogP contribution is -2.37. The number of nitrogens with two attached hydrogens (primary N) is 1. The van der Waals surface area contributed by atoms with E-state index in [0.717, 1.165) is 24.4 Å². The molecule has 0 bridgehead atoms. The highest BCUT2D eigenvalue weighted by Gasteiger charge is 2.31. The molecular formula is C13H21ClN4O. The van der Waals surface area contributed by atoms with Gasteiger partial charge in [-0.1, -0.05) is 11.6 Å². The van der Waals surface area contributed by atoms with E-state index in [9.17, 15) is 4.79 Å². The third kappa shape index (κ3) is 2.77. The van der Waals surface area contributed by atoms with Crippen molar-refractivity contribution < 1.29 is 4.79 Å². The third-order valence-corrected chi connectivity index (χ3v) is 4.44. The first-order chi connectivity index (χ1) is 8.93. The molecule has 0 spiro atoms. The highest BCUT2D eigenvalue weighted by Crippen LogP contribution is 2.23. The van der Waals surface area contributed by atoms with Gasteiger partial charge in [0.1, 0.15) is 6.54 Å². The topological polar surface area (TPSA) is 64.2 Å². The quantitative estimate of drug-likeness (QED) is 0.911.